The predicted molar refractivity (Wildman–Crippen MR) is 231 cm³/mol. The third kappa shape index (κ3) is 5.20. The second-order valence-electron chi connectivity index (χ2n) is 14.2. The summed E-state index contributed by atoms with van der Waals surface area (Å²) < 4.78 is 8.82. The van der Waals surface area contributed by atoms with Crippen LogP contribution in [0.4, 0.5) is 17.1 Å². The molecule has 3 aromatic heterocycles. The van der Waals surface area contributed by atoms with Crippen molar-refractivity contribution in [1.82, 2.24) is 4.40 Å². The molecule has 3 heteroatoms. The lowest BCUT2D eigenvalue weighted by Crippen LogP contribution is -2.10. The highest BCUT2D eigenvalue weighted by atomic mass is 16.3. The minimum absolute atomic E-state index is 0.868. The van der Waals surface area contributed by atoms with Crippen molar-refractivity contribution in [2.45, 2.75) is 0 Å². The molecule has 0 radical (unpaired) electrons. The van der Waals surface area contributed by atoms with Gasteiger partial charge in [0.2, 0.25) is 0 Å². The second-order valence-corrected chi connectivity index (χ2v) is 14.2. The lowest BCUT2D eigenvalue weighted by atomic mass is 10.0. The van der Waals surface area contributed by atoms with E-state index in [0.717, 1.165) is 50.1 Å². The van der Waals surface area contributed by atoms with E-state index in [1.807, 2.05) is 12.1 Å². The molecule has 3 nitrogen and oxygen atoms in total. The number of anilines is 3. The first-order valence-electron chi connectivity index (χ1n) is 18.8. The first-order valence-corrected chi connectivity index (χ1v) is 18.8. The highest BCUT2D eigenvalue weighted by Gasteiger charge is 2.18. The molecule has 0 spiro atoms. The Morgan fingerprint density at radius 2 is 0.909 bits per heavy atom. The van der Waals surface area contributed by atoms with Gasteiger partial charge >= 0.3 is 0 Å². The van der Waals surface area contributed by atoms with Gasteiger partial charge in [-0.2, -0.15) is 0 Å². The summed E-state index contributed by atoms with van der Waals surface area (Å²) in [5.41, 5.74) is 15.7. The quantitative estimate of drug-likeness (QED) is 0.172. The maximum absolute atomic E-state index is 6.40. The van der Waals surface area contributed by atoms with Gasteiger partial charge in [-0.15, -0.1) is 0 Å². The maximum Gasteiger partial charge on any atom is 0.137 e. The molecule has 8 aromatic carbocycles. The fourth-order valence-corrected chi connectivity index (χ4v) is 8.41. The van der Waals surface area contributed by atoms with Crippen molar-refractivity contribution >= 4 is 66.3 Å². The Morgan fingerprint density at radius 1 is 0.327 bits per heavy atom. The molecule has 0 amide bonds. The molecule has 0 N–H and O–H groups in total. The van der Waals surface area contributed by atoms with Crippen LogP contribution in [0, 0.1) is 0 Å². The second kappa shape index (κ2) is 12.6. The average molecular weight is 703 g/mol. The zero-order valence-corrected chi connectivity index (χ0v) is 29.9. The number of fused-ring (bicyclic) bond motifs is 8. The van der Waals surface area contributed by atoms with Crippen molar-refractivity contribution < 1.29 is 4.42 Å². The van der Waals surface area contributed by atoms with Crippen LogP contribution in [0.2, 0.25) is 0 Å². The Hall–Kier alpha value is -7.36. The molecule has 0 saturated heterocycles. The SMILES string of the molecule is c1ccc(-c2cccc(N(c3cccc(-c4ccc5c(ccc6c(-c7ccccc7)c7ccccc7n65)c4)c3)c3ccc4c(c3)oc3ccccc34)c2)cc1. The number of benzene rings is 8. The van der Waals surface area contributed by atoms with Crippen LogP contribution in [0.5, 0.6) is 0 Å². The lowest BCUT2D eigenvalue weighted by Gasteiger charge is -2.26. The summed E-state index contributed by atoms with van der Waals surface area (Å²) in [4.78, 5) is 2.34. The van der Waals surface area contributed by atoms with Gasteiger partial charge in [0.05, 0.1) is 16.6 Å². The van der Waals surface area contributed by atoms with E-state index >= 15 is 0 Å². The van der Waals surface area contributed by atoms with Crippen LogP contribution in [0.15, 0.2) is 211 Å². The average Bonchev–Trinajstić information content (AvgIpc) is 3.80. The van der Waals surface area contributed by atoms with E-state index in [4.69, 9.17) is 4.42 Å². The van der Waals surface area contributed by atoms with E-state index in [1.165, 1.54) is 49.6 Å². The zero-order chi connectivity index (χ0) is 36.3. The van der Waals surface area contributed by atoms with Crippen LogP contribution in [0.25, 0.3) is 82.6 Å². The Balaban J connectivity index is 1.06. The van der Waals surface area contributed by atoms with Crippen molar-refractivity contribution in [3.8, 4) is 33.4 Å². The summed E-state index contributed by atoms with van der Waals surface area (Å²) >= 11 is 0. The Bertz CT molecular complexity index is 3210. The highest BCUT2D eigenvalue weighted by Crippen LogP contribution is 2.42. The van der Waals surface area contributed by atoms with Gasteiger partial charge in [0, 0.05) is 44.9 Å². The van der Waals surface area contributed by atoms with Crippen molar-refractivity contribution in [2.24, 2.45) is 0 Å². The van der Waals surface area contributed by atoms with Crippen LogP contribution in [-0.4, -0.2) is 4.40 Å². The van der Waals surface area contributed by atoms with Crippen molar-refractivity contribution in [3.05, 3.63) is 206 Å². The predicted octanol–water partition coefficient (Wildman–Crippen LogP) is 14.6. The van der Waals surface area contributed by atoms with E-state index in [9.17, 15) is 0 Å². The van der Waals surface area contributed by atoms with Crippen molar-refractivity contribution in [3.63, 3.8) is 0 Å². The third-order valence-electron chi connectivity index (χ3n) is 10.9. The van der Waals surface area contributed by atoms with E-state index in [0.29, 0.717) is 0 Å². The molecule has 0 aliphatic carbocycles. The van der Waals surface area contributed by atoms with E-state index < -0.39 is 0 Å². The normalized spacial score (nSPS) is 11.6. The van der Waals surface area contributed by atoms with E-state index in [-0.39, 0.29) is 0 Å². The van der Waals surface area contributed by atoms with Crippen LogP contribution < -0.4 is 4.90 Å². The summed E-state index contributed by atoms with van der Waals surface area (Å²) in [5, 5.41) is 4.69. The number of hydrogen-bond acceptors (Lipinski definition) is 2. The molecule has 3 heterocycles. The van der Waals surface area contributed by atoms with Gasteiger partial charge in [-0.05, 0) is 99.9 Å². The largest absolute Gasteiger partial charge is 0.456 e. The van der Waals surface area contributed by atoms with Crippen molar-refractivity contribution in [1.29, 1.82) is 0 Å². The summed E-state index contributed by atoms with van der Waals surface area (Å²) in [6, 6.07) is 73.9. The molecule has 0 atom stereocenters. The summed E-state index contributed by atoms with van der Waals surface area (Å²) in [6.07, 6.45) is 0. The number of aromatic nitrogens is 1. The van der Waals surface area contributed by atoms with Crippen LogP contribution in [0.3, 0.4) is 0 Å². The van der Waals surface area contributed by atoms with E-state index in [1.54, 1.807) is 0 Å². The Kier molecular flexibility index (Phi) is 7.17. The van der Waals surface area contributed by atoms with Crippen molar-refractivity contribution in [2.75, 3.05) is 4.90 Å². The molecular weight excluding hydrogens is 669 g/mol. The monoisotopic (exact) mass is 702 g/mol. The summed E-state index contributed by atoms with van der Waals surface area (Å²) in [5.74, 6) is 0. The molecule has 0 aliphatic heterocycles. The molecule has 11 aromatic rings. The Morgan fingerprint density at radius 3 is 1.69 bits per heavy atom. The fraction of sp³-hybridized carbons (Fsp3) is 0. The van der Waals surface area contributed by atoms with Crippen LogP contribution >= 0.6 is 0 Å². The molecule has 11 rings (SSSR count). The third-order valence-corrected chi connectivity index (χ3v) is 10.9. The fourth-order valence-electron chi connectivity index (χ4n) is 8.41. The first-order chi connectivity index (χ1) is 27.3. The van der Waals surface area contributed by atoms with Gasteiger partial charge in [-0.25, -0.2) is 0 Å². The van der Waals surface area contributed by atoms with Gasteiger partial charge in [0.15, 0.2) is 0 Å². The molecular formula is C52H34N2O. The zero-order valence-electron chi connectivity index (χ0n) is 29.9. The number of hydrogen-bond donors (Lipinski definition) is 0. The highest BCUT2D eigenvalue weighted by molar-refractivity contribution is 6.09. The first kappa shape index (κ1) is 31.2. The molecule has 0 unspecified atom stereocenters. The maximum atomic E-state index is 6.40. The smallest absolute Gasteiger partial charge is 0.137 e. The van der Waals surface area contributed by atoms with Gasteiger partial charge in [-0.3, -0.25) is 0 Å². The molecule has 0 fully saturated rings. The lowest BCUT2D eigenvalue weighted by molar-refractivity contribution is 0.669. The molecule has 258 valence electrons. The number of nitrogens with zero attached hydrogens (tertiary/aromatic N) is 2. The summed E-state index contributed by atoms with van der Waals surface area (Å²) in [7, 11) is 0. The molecule has 0 bridgehead atoms. The molecule has 0 saturated carbocycles. The molecule has 0 aliphatic rings. The topological polar surface area (TPSA) is 20.8 Å². The van der Waals surface area contributed by atoms with Crippen LogP contribution in [-0.2, 0) is 0 Å². The number of rotatable bonds is 6. The standard InChI is InChI=1S/C52H34N2O/c1-3-13-35(14-4-1)37-17-11-19-41(32-37)53(43-27-28-45-44-21-8-10-24-50(44)55-51(45)34-43)42-20-12-18-38(33-42)39-25-29-47-40(31-39)26-30-49-52(36-15-5-2-6-16-36)46-22-7-9-23-48(46)54(47)49/h1-34H. The number of pyridine rings is 1. The minimum atomic E-state index is 0.868. The van der Waals surface area contributed by atoms with Gasteiger partial charge < -0.3 is 13.7 Å². The number of para-hydroxylation sites is 2. The minimum Gasteiger partial charge on any atom is -0.456 e. The summed E-state index contributed by atoms with van der Waals surface area (Å²) in [6.45, 7) is 0. The van der Waals surface area contributed by atoms with E-state index in [2.05, 4.69) is 203 Å². The van der Waals surface area contributed by atoms with Gasteiger partial charge in [0.25, 0.3) is 0 Å². The Labute approximate surface area is 318 Å². The molecule has 55 heavy (non-hydrogen) atoms. The van der Waals surface area contributed by atoms with Crippen LogP contribution in [0.1, 0.15) is 0 Å². The van der Waals surface area contributed by atoms with Gasteiger partial charge in [0.1, 0.15) is 11.2 Å². The van der Waals surface area contributed by atoms with Gasteiger partial charge in [-0.1, -0.05) is 133 Å². The number of furan rings is 1.